The Labute approximate surface area is 102 Å². The third kappa shape index (κ3) is 2.65. The molecule has 0 amide bonds. The molecule has 0 aliphatic carbocycles. The maximum atomic E-state index is 13.5. The van der Waals surface area contributed by atoms with E-state index in [1.807, 2.05) is 39.8 Å². The van der Waals surface area contributed by atoms with Crippen LogP contribution in [0.5, 0.6) is 0 Å². The number of anilines is 1. The van der Waals surface area contributed by atoms with Crippen LogP contribution >= 0.6 is 0 Å². The molecule has 0 bridgehead atoms. The van der Waals surface area contributed by atoms with Crippen molar-refractivity contribution < 1.29 is 8.78 Å². The first-order valence-corrected chi connectivity index (χ1v) is 6.03. The van der Waals surface area contributed by atoms with Gasteiger partial charge in [0.25, 0.3) is 0 Å². The highest BCUT2D eigenvalue weighted by Gasteiger charge is 2.19. The lowest BCUT2D eigenvalue weighted by molar-refractivity contribution is 0.508. The van der Waals surface area contributed by atoms with E-state index in [1.54, 1.807) is 0 Å². The molecule has 0 unspecified atom stereocenters. The zero-order valence-electron chi connectivity index (χ0n) is 10.8. The van der Waals surface area contributed by atoms with Crippen molar-refractivity contribution in [2.75, 3.05) is 11.9 Å². The number of benzene rings is 1. The van der Waals surface area contributed by atoms with E-state index in [-0.39, 0.29) is 5.92 Å². The highest BCUT2D eigenvalue weighted by Crippen LogP contribution is 2.33. The van der Waals surface area contributed by atoms with Gasteiger partial charge in [-0.1, -0.05) is 39.8 Å². The number of rotatable bonds is 1. The lowest BCUT2D eigenvalue weighted by Crippen LogP contribution is -2.11. The quantitative estimate of drug-likeness (QED) is 0.758. The molecule has 1 aliphatic rings. The Morgan fingerprint density at radius 3 is 2.47 bits per heavy atom. The molecular weight excluding hydrogens is 220 g/mol. The van der Waals surface area contributed by atoms with E-state index in [0.717, 1.165) is 11.1 Å². The van der Waals surface area contributed by atoms with Crippen LogP contribution < -0.4 is 5.32 Å². The lowest BCUT2D eigenvalue weighted by atomic mass is 9.93. The molecule has 94 valence electrons. The fourth-order valence-corrected chi connectivity index (χ4v) is 1.83. The summed E-state index contributed by atoms with van der Waals surface area (Å²) in [7, 11) is 0. The molecule has 0 saturated carbocycles. The van der Waals surface area contributed by atoms with Crippen LogP contribution in [0, 0.1) is 11.6 Å². The zero-order valence-corrected chi connectivity index (χ0v) is 10.8. The van der Waals surface area contributed by atoms with Crippen molar-refractivity contribution in [2.24, 2.45) is 0 Å². The van der Waals surface area contributed by atoms with Crippen molar-refractivity contribution in [1.29, 1.82) is 0 Å². The molecule has 0 radical (unpaired) electrons. The molecule has 0 aromatic heterocycles. The highest BCUT2D eigenvalue weighted by molar-refractivity contribution is 5.73. The summed E-state index contributed by atoms with van der Waals surface area (Å²) < 4.78 is 26.7. The van der Waals surface area contributed by atoms with Crippen LogP contribution in [0.4, 0.5) is 14.5 Å². The van der Waals surface area contributed by atoms with Gasteiger partial charge in [-0.05, 0) is 17.5 Å². The third-order valence-electron chi connectivity index (χ3n) is 2.59. The summed E-state index contributed by atoms with van der Waals surface area (Å²) in [6.45, 7) is 8.48. The second-order valence-electron chi connectivity index (χ2n) is 3.99. The maximum Gasteiger partial charge on any atom is 0.182 e. The highest BCUT2D eigenvalue weighted by atomic mass is 19.2. The Morgan fingerprint density at radius 1 is 1.24 bits per heavy atom. The van der Waals surface area contributed by atoms with Gasteiger partial charge in [0.05, 0.1) is 5.69 Å². The standard InChI is InChI=1S/C12H13F2N.C2H6/c1-7(2)9-6-10(13)11(14)12-8(9)4-3-5-15-12;1-2/h3-4,6-7,15H,5H2,1-2H3;1-2H3. The first kappa shape index (κ1) is 13.7. The van der Waals surface area contributed by atoms with Crippen LogP contribution in [-0.4, -0.2) is 6.54 Å². The van der Waals surface area contributed by atoms with Crippen molar-refractivity contribution in [2.45, 2.75) is 33.6 Å². The van der Waals surface area contributed by atoms with Crippen LogP contribution in [-0.2, 0) is 0 Å². The minimum Gasteiger partial charge on any atom is -0.379 e. The summed E-state index contributed by atoms with van der Waals surface area (Å²) >= 11 is 0. The largest absolute Gasteiger partial charge is 0.379 e. The van der Waals surface area contributed by atoms with Gasteiger partial charge in [0.2, 0.25) is 0 Å². The first-order chi connectivity index (χ1) is 8.11. The predicted octanol–water partition coefficient (Wildman–Crippen LogP) is 4.55. The maximum absolute atomic E-state index is 13.5. The number of nitrogens with one attached hydrogen (secondary N) is 1. The normalized spacial score (nSPS) is 12.6. The van der Waals surface area contributed by atoms with E-state index in [0.29, 0.717) is 12.2 Å². The molecule has 0 saturated heterocycles. The molecule has 1 aliphatic heterocycles. The van der Waals surface area contributed by atoms with E-state index < -0.39 is 11.6 Å². The van der Waals surface area contributed by atoms with Gasteiger partial charge < -0.3 is 5.32 Å². The smallest absolute Gasteiger partial charge is 0.182 e. The van der Waals surface area contributed by atoms with E-state index in [9.17, 15) is 8.78 Å². The number of halogens is 2. The Hall–Kier alpha value is -1.38. The van der Waals surface area contributed by atoms with Gasteiger partial charge in [-0.3, -0.25) is 0 Å². The molecule has 1 heterocycles. The van der Waals surface area contributed by atoms with Gasteiger partial charge >= 0.3 is 0 Å². The summed E-state index contributed by atoms with van der Waals surface area (Å²) in [6, 6.07) is 1.29. The number of fused-ring (bicyclic) bond motifs is 1. The van der Waals surface area contributed by atoms with E-state index in [4.69, 9.17) is 0 Å². The average molecular weight is 239 g/mol. The van der Waals surface area contributed by atoms with Crippen molar-refractivity contribution in [1.82, 2.24) is 0 Å². The monoisotopic (exact) mass is 239 g/mol. The lowest BCUT2D eigenvalue weighted by Gasteiger charge is -2.19. The molecule has 0 spiro atoms. The molecule has 1 N–H and O–H groups in total. The van der Waals surface area contributed by atoms with Crippen molar-refractivity contribution in [3.8, 4) is 0 Å². The minimum absolute atomic E-state index is 0.179. The Bertz CT molecular complexity index is 423. The summed E-state index contributed by atoms with van der Waals surface area (Å²) in [6.07, 6.45) is 3.76. The molecule has 1 nitrogen and oxygen atoms in total. The first-order valence-electron chi connectivity index (χ1n) is 6.03. The molecule has 17 heavy (non-hydrogen) atoms. The van der Waals surface area contributed by atoms with Crippen molar-refractivity contribution >= 4 is 11.8 Å². The average Bonchev–Trinajstić information content (AvgIpc) is 2.36. The second-order valence-corrected chi connectivity index (χ2v) is 3.99. The zero-order chi connectivity index (χ0) is 13.0. The van der Waals surface area contributed by atoms with Crippen LogP contribution in [0.1, 0.15) is 44.7 Å². The molecule has 1 aromatic rings. The Kier molecular flexibility index (Phi) is 4.67. The molecule has 3 heteroatoms. The molecule has 1 aromatic carbocycles. The summed E-state index contributed by atoms with van der Waals surface area (Å²) in [4.78, 5) is 0. The summed E-state index contributed by atoms with van der Waals surface area (Å²) in [5.74, 6) is -1.38. The van der Waals surface area contributed by atoms with Gasteiger partial charge in [-0.2, -0.15) is 0 Å². The number of hydrogen-bond donors (Lipinski definition) is 1. The fourth-order valence-electron chi connectivity index (χ4n) is 1.83. The topological polar surface area (TPSA) is 12.0 Å². The van der Waals surface area contributed by atoms with Crippen LogP contribution in [0.2, 0.25) is 0 Å². The van der Waals surface area contributed by atoms with Crippen LogP contribution in [0.3, 0.4) is 0 Å². The van der Waals surface area contributed by atoms with Gasteiger partial charge in [-0.25, -0.2) is 8.78 Å². The van der Waals surface area contributed by atoms with E-state index in [1.165, 1.54) is 6.07 Å². The predicted molar refractivity (Wildman–Crippen MR) is 69.3 cm³/mol. The molecule has 2 rings (SSSR count). The SMILES string of the molecule is CC.CC(C)c1cc(F)c(F)c2c1C=CCN2. The Morgan fingerprint density at radius 2 is 1.88 bits per heavy atom. The van der Waals surface area contributed by atoms with Crippen molar-refractivity contribution in [3.05, 3.63) is 34.9 Å². The van der Waals surface area contributed by atoms with Gasteiger partial charge in [0.1, 0.15) is 0 Å². The van der Waals surface area contributed by atoms with Gasteiger partial charge in [0, 0.05) is 12.1 Å². The molecular formula is C14H19F2N. The van der Waals surface area contributed by atoms with E-state index in [2.05, 4.69) is 5.32 Å². The third-order valence-corrected chi connectivity index (χ3v) is 2.59. The fraction of sp³-hybridized carbons (Fsp3) is 0.429. The van der Waals surface area contributed by atoms with Crippen LogP contribution in [0.25, 0.3) is 6.08 Å². The second kappa shape index (κ2) is 5.80. The minimum atomic E-state index is -0.779. The van der Waals surface area contributed by atoms with Crippen molar-refractivity contribution in [3.63, 3.8) is 0 Å². The number of hydrogen-bond acceptors (Lipinski definition) is 1. The molecule has 0 fully saturated rings. The Balaban J connectivity index is 0.000000686. The van der Waals surface area contributed by atoms with Gasteiger partial charge in [0.15, 0.2) is 11.6 Å². The van der Waals surface area contributed by atoms with E-state index >= 15 is 0 Å². The van der Waals surface area contributed by atoms with Gasteiger partial charge in [-0.15, -0.1) is 0 Å². The van der Waals surface area contributed by atoms with Crippen LogP contribution in [0.15, 0.2) is 12.1 Å². The molecule has 0 atom stereocenters. The summed E-state index contributed by atoms with van der Waals surface area (Å²) in [5, 5.41) is 2.87. The summed E-state index contributed by atoms with van der Waals surface area (Å²) in [5.41, 5.74) is 1.91.